The van der Waals surface area contributed by atoms with Gasteiger partial charge in [-0.25, -0.2) is 0 Å². The zero-order valence-electron chi connectivity index (χ0n) is 20.3. The summed E-state index contributed by atoms with van der Waals surface area (Å²) in [5, 5.41) is 21.6. The van der Waals surface area contributed by atoms with Crippen LogP contribution in [0.15, 0.2) is 36.4 Å². The molecule has 0 unspecified atom stereocenters. The van der Waals surface area contributed by atoms with Gasteiger partial charge in [0.2, 0.25) is 0 Å². The Bertz CT molecular complexity index is 794. The van der Waals surface area contributed by atoms with Gasteiger partial charge in [0.15, 0.2) is 0 Å². The molecule has 33 heavy (non-hydrogen) atoms. The fraction of sp³-hybridized carbons (Fsp3) is 0.462. The Morgan fingerprint density at radius 2 is 1.06 bits per heavy atom. The van der Waals surface area contributed by atoms with E-state index in [9.17, 15) is 19.8 Å². The second-order valence-corrected chi connectivity index (χ2v) is 7.54. The van der Waals surface area contributed by atoms with Crippen molar-refractivity contribution < 1.29 is 29.3 Å². The number of aromatic carboxylic acids is 2. The van der Waals surface area contributed by atoms with Crippen LogP contribution in [0.5, 0.6) is 11.5 Å². The summed E-state index contributed by atoms with van der Waals surface area (Å²) in [5.41, 5.74) is 1.68. The molecule has 0 aliphatic carbocycles. The molecule has 2 rings (SSSR count). The molecule has 0 radical (unpaired) electrons. The Hall–Kier alpha value is -1.76. The molecule has 0 heterocycles. The van der Waals surface area contributed by atoms with Crippen LogP contribution in [0.2, 0.25) is 0 Å². The summed E-state index contributed by atoms with van der Waals surface area (Å²) in [6.45, 7) is 8.99. The van der Waals surface area contributed by atoms with Crippen molar-refractivity contribution >= 4 is 49.7 Å². The summed E-state index contributed by atoms with van der Waals surface area (Å²) in [4.78, 5) is 21.6. The predicted octanol–water partition coefficient (Wildman–Crippen LogP) is 3.47. The monoisotopic (exact) mass is 482 g/mol. The summed E-state index contributed by atoms with van der Waals surface area (Å²) in [5.74, 6) is -1.04. The molecule has 6 nitrogen and oxygen atoms in total. The molecule has 176 valence electrons. The van der Waals surface area contributed by atoms with E-state index in [0.717, 1.165) is 38.5 Å². The molecule has 0 aliphatic heterocycles. The van der Waals surface area contributed by atoms with Gasteiger partial charge in [0.05, 0.1) is 25.2 Å². The van der Waals surface area contributed by atoms with Gasteiger partial charge in [0.1, 0.15) is 11.5 Å². The number of carboxylic acid groups (broad SMARTS) is 2. The Balaban J connectivity index is 0.000000602. The first-order valence-electron chi connectivity index (χ1n) is 11.2. The number of benzene rings is 2. The first-order valence-corrected chi connectivity index (χ1v) is 11.2. The van der Waals surface area contributed by atoms with Crippen molar-refractivity contribution in [3.8, 4) is 11.5 Å². The van der Waals surface area contributed by atoms with E-state index in [1.807, 2.05) is 0 Å². The third-order valence-corrected chi connectivity index (χ3v) is 5.02. The van der Waals surface area contributed by atoms with Gasteiger partial charge in [-0.3, -0.25) is 0 Å². The predicted molar refractivity (Wildman–Crippen MR) is 127 cm³/mol. The second-order valence-electron chi connectivity index (χ2n) is 7.54. The molecular weight excluding hydrogens is 448 g/mol. The van der Waals surface area contributed by atoms with Gasteiger partial charge in [-0.2, -0.15) is 0 Å². The van der Waals surface area contributed by atoms with Gasteiger partial charge >= 0.3 is 37.7 Å². The summed E-state index contributed by atoms with van der Waals surface area (Å²) >= 11 is 0. The normalized spacial score (nSPS) is 9.82. The Kier molecular flexibility index (Phi) is 16.7. The quantitative estimate of drug-likeness (QED) is 0.339. The van der Waals surface area contributed by atoms with Crippen LogP contribution in [-0.2, 0) is 0 Å². The van der Waals surface area contributed by atoms with Crippen molar-refractivity contribution in [1.29, 1.82) is 0 Å². The van der Waals surface area contributed by atoms with E-state index in [2.05, 4.69) is 13.8 Å². The number of carbonyl (C=O) groups is 2. The van der Waals surface area contributed by atoms with E-state index in [0.29, 0.717) is 35.8 Å². The molecule has 0 aromatic heterocycles. The molecule has 2 aromatic carbocycles. The maximum Gasteiger partial charge on any atom is 2.00 e. The fourth-order valence-corrected chi connectivity index (χ4v) is 3.05. The summed E-state index contributed by atoms with van der Waals surface area (Å²) < 4.78 is 11.1. The van der Waals surface area contributed by atoms with Gasteiger partial charge in [-0.05, 0) is 38.8 Å². The van der Waals surface area contributed by atoms with E-state index >= 15 is 0 Å². The fourth-order valence-electron chi connectivity index (χ4n) is 3.05. The van der Waals surface area contributed by atoms with Crippen LogP contribution in [0.1, 0.15) is 84.2 Å². The van der Waals surface area contributed by atoms with Gasteiger partial charge in [-0.1, -0.05) is 63.8 Å². The van der Waals surface area contributed by atoms with Crippen LogP contribution in [-0.4, -0.2) is 62.9 Å². The number of unbranched alkanes of at least 4 members (excludes halogenated alkanes) is 4. The largest absolute Gasteiger partial charge is 2.00 e. The summed E-state index contributed by atoms with van der Waals surface area (Å²) in [6, 6.07) is 9.98. The van der Waals surface area contributed by atoms with Crippen LogP contribution in [0.3, 0.4) is 0 Å². The van der Waals surface area contributed by atoms with Crippen molar-refractivity contribution in [2.45, 2.75) is 66.2 Å². The number of carbonyl (C=O) groups excluding carboxylic acids is 2. The van der Waals surface area contributed by atoms with E-state index in [1.54, 1.807) is 38.1 Å². The first kappa shape index (κ1) is 31.2. The van der Waals surface area contributed by atoms with Crippen LogP contribution in [0, 0.1) is 13.8 Å². The molecule has 0 fully saturated rings. The number of carboxylic acids is 2. The topological polar surface area (TPSA) is 98.7 Å². The second kappa shape index (κ2) is 17.7. The van der Waals surface area contributed by atoms with Crippen molar-refractivity contribution in [2.24, 2.45) is 0 Å². The Labute approximate surface area is 227 Å². The molecule has 0 N–H and O–H groups in total. The van der Waals surface area contributed by atoms with E-state index in [-0.39, 0.29) is 48.9 Å². The first-order chi connectivity index (χ1) is 15.3. The number of ether oxygens (including phenoxy) is 2. The average molecular weight is 483 g/mol. The number of hydrogen-bond acceptors (Lipinski definition) is 6. The molecule has 0 saturated heterocycles. The Morgan fingerprint density at radius 1 is 0.697 bits per heavy atom. The number of rotatable bonds is 12. The third-order valence-electron chi connectivity index (χ3n) is 5.02. The van der Waals surface area contributed by atoms with E-state index in [1.165, 1.54) is 12.1 Å². The molecule has 2 aromatic rings. The van der Waals surface area contributed by atoms with Crippen LogP contribution < -0.4 is 19.7 Å². The number of hydrogen-bond donors (Lipinski definition) is 0. The van der Waals surface area contributed by atoms with Crippen LogP contribution in [0.25, 0.3) is 0 Å². The summed E-state index contributed by atoms with van der Waals surface area (Å²) in [7, 11) is 0. The van der Waals surface area contributed by atoms with E-state index < -0.39 is 11.9 Å². The third kappa shape index (κ3) is 11.3. The molecular formula is C26H34CaO6. The maximum absolute atomic E-state index is 10.8. The van der Waals surface area contributed by atoms with Crippen molar-refractivity contribution in [3.63, 3.8) is 0 Å². The molecule has 0 atom stereocenters. The van der Waals surface area contributed by atoms with Gasteiger partial charge < -0.3 is 29.3 Å². The smallest absolute Gasteiger partial charge is 0.545 e. The standard InChI is InChI=1S/2C13H18O3.Ca/c2*1-3-4-5-9-16-12-8-6-7-11(10(12)2)13(14)15;/h2*6-8H,3-5,9H2,1-2H3,(H,14,15);/q;;+2/p-2. The molecule has 0 aliphatic rings. The average Bonchev–Trinajstić information content (AvgIpc) is 2.76. The molecule has 0 bridgehead atoms. The molecule has 0 amide bonds. The zero-order valence-corrected chi connectivity index (χ0v) is 22.5. The van der Waals surface area contributed by atoms with Crippen LogP contribution >= 0.6 is 0 Å². The maximum atomic E-state index is 10.8. The minimum atomic E-state index is -1.16. The zero-order chi connectivity index (χ0) is 23.9. The van der Waals surface area contributed by atoms with Crippen molar-refractivity contribution in [1.82, 2.24) is 0 Å². The minimum absolute atomic E-state index is 0. The Morgan fingerprint density at radius 3 is 1.36 bits per heavy atom. The van der Waals surface area contributed by atoms with Gasteiger partial charge in [0.25, 0.3) is 0 Å². The molecule has 0 spiro atoms. The SMILES string of the molecule is CCCCCOc1cccc(C(=O)[O-])c1C.CCCCCOc1cccc(C(=O)[O-])c1C.[Ca+2]. The summed E-state index contributed by atoms with van der Waals surface area (Å²) in [6.07, 6.45) is 6.51. The van der Waals surface area contributed by atoms with Crippen LogP contribution in [0.4, 0.5) is 0 Å². The van der Waals surface area contributed by atoms with Gasteiger partial charge in [-0.15, -0.1) is 0 Å². The van der Waals surface area contributed by atoms with Gasteiger partial charge in [0, 0.05) is 22.3 Å². The van der Waals surface area contributed by atoms with Crippen molar-refractivity contribution in [2.75, 3.05) is 13.2 Å². The molecule has 7 heteroatoms. The molecule has 0 saturated carbocycles. The van der Waals surface area contributed by atoms with E-state index in [4.69, 9.17) is 9.47 Å². The minimum Gasteiger partial charge on any atom is -0.545 e. The van der Waals surface area contributed by atoms with Crippen molar-refractivity contribution in [3.05, 3.63) is 58.7 Å².